The summed E-state index contributed by atoms with van der Waals surface area (Å²) < 4.78 is 0. The number of nitrogens with zero attached hydrogens (tertiary/aromatic N) is 3. The normalized spacial score (nSPS) is 13.9. The molecule has 0 unspecified atom stereocenters. The van der Waals surface area contributed by atoms with Crippen LogP contribution in [-0.4, -0.2) is 22.5 Å². The zero-order valence-corrected chi connectivity index (χ0v) is 16.2. The number of amides is 2. The SMILES string of the molecule is O=C(Nc1cccc(C=Cc2ccccn2)c1)C1=NN(c2ccccc2)C(=O)CC1. The van der Waals surface area contributed by atoms with Crippen molar-refractivity contribution in [2.24, 2.45) is 5.10 Å². The van der Waals surface area contributed by atoms with Gasteiger partial charge in [0.1, 0.15) is 5.71 Å². The average molecular weight is 396 g/mol. The zero-order chi connectivity index (χ0) is 20.8. The van der Waals surface area contributed by atoms with Gasteiger partial charge in [-0.15, -0.1) is 0 Å². The molecule has 0 saturated heterocycles. The highest BCUT2D eigenvalue weighted by Crippen LogP contribution is 2.20. The van der Waals surface area contributed by atoms with E-state index in [1.54, 1.807) is 18.3 Å². The highest BCUT2D eigenvalue weighted by Gasteiger charge is 2.25. The van der Waals surface area contributed by atoms with Crippen molar-refractivity contribution >= 4 is 41.1 Å². The van der Waals surface area contributed by atoms with Crippen molar-refractivity contribution in [3.05, 3.63) is 90.3 Å². The van der Waals surface area contributed by atoms with Crippen LogP contribution >= 0.6 is 0 Å². The van der Waals surface area contributed by atoms with Gasteiger partial charge in [-0.1, -0.05) is 42.5 Å². The Hall–Kier alpha value is -4.06. The van der Waals surface area contributed by atoms with Crippen LogP contribution < -0.4 is 10.3 Å². The Morgan fingerprint density at radius 1 is 0.933 bits per heavy atom. The summed E-state index contributed by atoms with van der Waals surface area (Å²) in [4.78, 5) is 29.2. The minimum atomic E-state index is -0.311. The van der Waals surface area contributed by atoms with Crippen molar-refractivity contribution in [2.45, 2.75) is 12.8 Å². The van der Waals surface area contributed by atoms with Crippen molar-refractivity contribution in [1.29, 1.82) is 0 Å². The Labute approximate surface area is 174 Å². The van der Waals surface area contributed by atoms with Crippen LogP contribution in [0.4, 0.5) is 11.4 Å². The van der Waals surface area contributed by atoms with E-state index in [-0.39, 0.29) is 18.2 Å². The maximum absolute atomic E-state index is 12.7. The largest absolute Gasteiger partial charge is 0.321 e. The predicted molar refractivity (Wildman–Crippen MR) is 119 cm³/mol. The Kier molecular flexibility index (Phi) is 5.75. The minimum Gasteiger partial charge on any atom is -0.321 e. The fourth-order valence-electron chi connectivity index (χ4n) is 3.07. The number of pyridine rings is 1. The molecule has 0 spiro atoms. The molecule has 1 aliphatic rings. The van der Waals surface area contributed by atoms with Gasteiger partial charge < -0.3 is 5.32 Å². The van der Waals surface area contributed by atoms with Crippen LogP contribution in [0.5, 0.6) is 0 Å². The number of carbonyl (C=O) groups excluding carboxylic acids is 2. The summed E-state index contributed by atoms with van der Waals surface area (Å²) in [5.74, 6) is -0.436. The van der Waals surface area contributed by atoms with Crippen LogP contribution in [0.3, 0.4) is 0 Å². The number of hydrazone groups is 1. The second-order valence-electron chi connectivity index (χ2n) is 6.76. The molecule has 0 fully saturated rings. The highest BCUT2D eigenvalue weighted by molar-refractivity contribution is 6.44. The molecule has 1 N–H and O–H groups in total. The second kappa shape index (κ2) is 8.96. The maximum Gasteiger partial charge on any atom is 0.271 e. The summed E-state index contributed by atoms with van der Waals surface area (Å²) in [6.45, 7) is 0. The van der Waals surface area contributed by atoms with Gasteiger partial charge in [-0.05, 0) is 48.0 Å². The number of para-hydroxylation sites is 1. The Morgan fingerprint density at radius 2 is 1.77 bits per heavy atom. The Bertz CT molecular complexity index is 1110. The van der Waals surface area contributed by atoms with Gasteiger partial charge in [-0.2, -0.15) is 5.10 Å². The van der Waals surface area contributed by atoms with Gasteiger partial charge in [0.2, 0.25) is 5.91 Å². The summed E-state index contributed by atoms with van der Waals surface area (Å²) in [6, 6.07) is 22.3. The quantitative estimate of drug-likeness (QED) is 0.696. The third-order valence-electron chi connectivity index (χ3n) is 4.57. The molecular formula is C24H20N4O2. The maximum atomic E-state index is 12.7. The number of hydrogen-bond donors (Lipinski definition) is 1. The van der Waals surface area contributed by atoms with Crippen LogP contribution in [0.1, 0.15) is 24.1 Å². The lowest BCUT2D eigenvalue weighted by Gasteiger charge is -2.23. The summed E-state index contributed by atoms with van der Waals surface area (Å²) in [5.41, 5.74) is 3.43. The number of rotatable bonds is 5. The first-order valence-electron chi connectivity index (χ1n) is 9.65. The number of aromatic nitrogens is 1. The molecule has 0 aliphatic carbocycles. The number of nitrogens with one attached hydrogen (secondary N) is 1. The summed E-state index contributed by atoms with van der Waals surface area (Å²) in [6.07, 6.45) is 6.15. The fourth-order valence-corrected chi connectivity index (χ4v) is 3.07. The lowest BCUT2D eigenvalue weighted by Crippen LogP contribution is -2.36. The molecule has 148 valence electrons. The van der Waals surface area contributed by atoms with E-state index in [2.05, 4.69) is 15.4 Å². The Balaban J connectivity index is 1.48. The van der Waals surface area contributed by atoms with Gasteiger partial charge in [-0.3, -0.25) is 14.6 Å². The summed E-state index contributed by atoms with van der Waals surface area (Å²) in [7, 11) is 0. The molecule has 1 aliphatic heterocycles. The van der Waals surface area contributed by atoms with Gasteiger partial charge in [0.05, 0.1) is 11.4 Å². The molecule has 2 aromatic carbocycles. The standard InChI is InChI=1S/C24H20N4O2/c29-23-15-14-22(27-28(23)21-10-2-1-3-11-21)24(30)26-20-9-6-7-18(17-20)12-13-19-8-4-5-16-25-19/h1-13,16-17H,14-15H2,(H,26,30). The van der Waals surface area contributed by atoms with E-state index in [0.29, 0.717) is 23.5 Å². The molecule has 0 atom stereocenters. The van der Waals surface area contributed by atoms with Crippen molar-refractivity contribution in [1.82, 2.24) is 4.98 Å². The molecule has 1 aromatic heterocycles. The van der Waals surface area contributed by atoms with Crippen molar-refractivity contribution < 1.29 is 9.59 Å². The van der Waals surface area contributed by atoms with E-state index in [0.717, 1.165) is 11.3 Å². The first-order valence-corrected chi connectivity index (χ1v) is 9.65. The molecule has 0 saturated carbocycles. The Morgan fingerprint density at radius 3 is 2.57 bits per heavy atom. The lowest BCUT2D eigenvalue weighted by molar-refractivity contribution is -0.118. The molecule has 6 heteroatoms. The molecule has 0 radical (unpaired) electrons. The number of carbonyl (C=O) groups is 2. The summed E-state index contributed by atoms with van der Waals surface area (Å²) in [5, 5.41) is 8.47. The molecule has 30 heavy (non-hydrogen) atoms. The number of anilines is 2. The molecule has 6 nitrogen and oxygen atoms in total. The third kappa shape index (κ3) is 4.67. The van der Waals surface area contributed by atoms with E-state index >= 15 is 0 Å². The van der Waals surface area contributed by atoms with E-state index in [1.807, 2.05) is 72.8 Å². The monoisotopic (exact) mass is 396 g/mol. The lowest BCUT2D eigenvalue weighted by atomic mass is 10.1. The third-order valence-corrected chi connectivity index (χ3v) is 4.57. The molecule has 3 aromatic rings. The van der Waals surface area contributed by atoms with Crippen molar-refractivity contribution in [3.63, 3.8) is 0 Å². The van der Waals surface area contributed by atoms with Gasteiger partial charge in [0.15, 0.2) is 0 Å². The molecule has 2 amide bonds. The predicted octanol–water partition coefficient (Wildman–Crippen LogP) is 4.37. The second-order valence-corrected chi connectivity index (χ2v) is 6.76. The smallest absolute Gasteiger partial charge is 0.271 e. The van der Waals surface area contributed by atoms with Crippen LogP contribution in [-0.2, 0) is 9.59 Å². The highest BCUT2D eigenvalue weighted by atomic mass is 16.2. The molecule has 0 bridgehead atoms. The van der Waals surface area contributed by atoms with Crippen LogP contribution in [0.25, 0.3) is 12.2 Å². The van der Waals surface area contributed by atoms with E-state index in [1.165, 1.54) is 5.01 Å². The van der Waals surface area contributed by atoms with Crippen LogP contribution in [0.2, 0.25) is 0 Å². The van der Waals surface area contributed by atoms with Crippen LogP contribution in [0.15, 0.2) is 84.1 Å². The zero-order valence-electron chi connectivity index (χ0n) is 16.2. The number of hydrogen-bond acceptors (Lipinski definition) is 4. The topological polar surface area (TPSA) is 74.7 Å². The number of benzene rings is 2. The first kappa shape index (κ1) is 19.3. The molecular weight excluding hydrogens is 376 g/mol. The van der Waals surface area contributed by atoms with Gasteiger partial charge in [0.25, 0.3) is 5.91 Å². The average Bonchev–Trinajstić information content (AvgIpc) is 2.79. The van der Waals surface area contributed by atoms with E-state index < -0.39 is 0 Å². The fraction of sp³-hybridized carbons (Fsp3) is 0.0833. The molecule has 4 rings (SSSR count). The van der Waals surface area contributed by atoms with Gasteiger partial charge >= 0.3 is 0 Å². The summed E-state index contributed by atoms with van der Waals surface area (Å²) >= 11 is 0. The van der Waals surface area contributed by atoms with Gasteiger partial charge in [-0.25, -0.2) is 5.01 Å². The minimum absolute atomic E-state index is 0.126. The first-order chi connectivity index (χ1) is 14.7. The van der Waals surface area contributed by atoms with E-state index in [4.69, 9.17) is 0 Å². The van der Waals surface area contributed by atoms with Gasteiger partial charge in [0, 0.05) is 24.7 Å². The molecule has 2 heterocycles. The van der Waals surface area contributed by atoms with Crippen molar-refractivity contribution in [2.75, 3.05) is 10.3 Å². The van der Waals surface area contributed by atoms with E-state index in [9.17, 15) is 9.59 Å². The van der Waals surface area contributed by atoms with Crippen molar-refractivity contribution in [3.8, 4) is 0 Å². The van der Waals surface area contributed by atoms with Crippen LogP contribution in [0, 0.1) is 0 Å².